The molecule has 0 saturated carbocycles. The number of nitrogens with zero attached hydrogens (tertiary/aromatic N) is 1. The third-order valence-electron chi connectivity index (χ3n) is 2.58. The van der Waals surface area contributed by atoms with E-state index in [0.29, 0.717) is 0 Å². The Balaban J connectivity index is 1.83. The van der Waals surface area contributed by atoms with Crippen molar-refractivity contribution in [1.82, 2.24) is 10.3 Å². The summed E-state index contributed by atoms with van der Waals surface area (Å²) in [4.78, 5) is 4.33. The van der Waals surface area contributed by atoms with E-state index in [4.69, 9.17) is 4.42 Å². The van der Waals surface area contributed by atoms with Crippen LogP contribution in [0.4, 0.5) is 0 Å². The summed E-state index contributed by atoms with van der Waals surface area (Å²) >= 11 is 4.04. The summed E-state index contributed by atoms with van der Waals surface area (Å²) in [5, 5.41) is 5.48. The predicted molar refractivity (Wildman–Crippen MR) is 84.0 cm³/mol. The molecule has 0 unspecified atom stereocenters. The van der Waals surface area contributed by atoms with Gasteiger partial charge in [0.05, 0.1) is 9.08 Å². The molecule has 0 radical (unpaired) electrons. The summed E-state index contributed by atoms with van der Waals surface area (Å²) in [7, 11) is 0. The first-order valence-corrected chi connectivity index (χ1v) is 8.15. The molecule has 2 heterocycles. The van der Waals surface area contributed by atoms with E-state index in [1.54, 1.807) is 11.3 Å². The quantitative estimate of drug-likeness (QED) is 0.588. The first kappa shape index (κ1) is 14.0. The summed E-state index contributed by atoms with van der Waals surface area (Å²) in [6.45, 7) is 4.29. The van der Waals surface area contributed by atoms with Crippen LogP contribution in [0.1, 0.15) is 25.7 Å². The van der Waals surface area contributed by atoms with Crippen molar-refractivity contribution in [3.05, 3.63) is 26.4 Å². The fourth-order valence-electron chi connectivity index (χ4n) is 1.66. The first-order valence-electron chi connectivity index (χ1n) is 6.19. The maximum absolute atomic E-state index is 5.75. The minimum absolute atomic E-state index is 0.838. The van der Waals surface area contributed by atoms with E-state index < -0.39 is 0 Å². The van der Waals surface area contributed by atoms with E-state index in [2.05, 4.69) is 51.3 Å². The number of rotatable bonds is 7. The second kappa shape index (κ2) is 7.25. The number of hydrogen-bond donors (Lipinski definition) is 1. The maximum Gasteiger partial charge on any atom is 0.194 e. The maximum atomic E-state index is 5.75. The predicted octanol–water partition coefficient (Wildman–Crippen LogP) is 3.94. The van der Waals surface area contributed by atoms with E-state index in [0.717, 1.165) is 43.1 Å². The molecule has 0 bridgehead atoms. The van der Waals surface area contributed by atoms with Crippen molar-refractivity contribution in [1.29, 1.82) is 0 Å². The number of aryl methyl sites for hydroxylation is 1. The van der Waals surface area contributed by atoms with Gasteiger partial charge in [0.1, 0.15) is 0 Å². The summed E-state index contributed by atoms with van der Waals surface area (Å²) in [5.74, 6) is 1.72. The Morgan fingerprint density at radius 2 is 2.33 bits per heavy atom. The highest BCUT2D eigenvalue weighted by atomic mass is 127. The number of thiophene rings is 1. The number of oxazole rings is 1. The van der Waals surface area contributed by atoms with Crippen LogP contribution in [0.5, 0.6) is 0 Å². The van der Waals surface area contributed by atoms with Crippen LogP contribution < -0.4 is 5.32 Å². The molecule has 2 aromatic rings. The molecule has 2 rings (SSSR count). The second-order valence-corrected chi connectivity index (χ2v) is 6.92. The van der Waals surface area contributed by atoms with Crippen LogP contribution in [0.25, 0.3) is 11.3 Å². The van der Waals surface area contributed by atoms with Crippen LogP contribution in [0.3, 0.4) is 0 Å². The van der Waals surface area contributed by atoms with Gasteiger partial charge in [-0.15, -0.1) is 11.3 Å². The molecule has 0 saturated heterocycles. The van der Waals surface area contributed by atoms with Crippen molar-refractivity contribution < 1.29 is 4.42 Å². The highest BCUT2D eigenvalue weighted by molar-refractivity contribution is 14.1. The number of aromatic nitrogens is 1. The fourth-order valence-corrected chi connectivity index (χ4v) is 3.00. The van der Waals surface area contributed by atoms with Gasteiger partial charge < -0.3 is 9.73 Å². The lowest BCUT2D eigenvalue weighted by Gasteiger charge is -2.00. The molecule has 1 N–H and O–H groups in total. The highest BCUT2D eigenvalue weighted by Crippen LogP contribution is 2.27. The Kier molecular flexibility index (Phi) is 5.65. The van der Waals surface area contributed by atoms with Gasteiger partial charge in [-0.25, -0.2) is 4.98 Å². The number of halogens is 1. The van der Waals surface area contributed by atoms with E-state index in [9.17, 15) is 0 Å². The monoisotopic (exact) mass is 376 g/mol. The molecule has 0 aliphatic heterocycles. The van der Waals surface area contributed by atoms with Crippen LogP contribution in [-0.2, 0) is 6.42 Å². The highest BCUT2D eigenvalue weighted by Gasteiger charge is 2.07. The van der Waals surface area contributed by atoms with Crippen molar-refractivity contribution in [3.8, 4) is 11.3 Å². The van der Waals surface area contributed by atoms with Crippen LogP contribution >= 0.6 is 33.9 Å². The Bertz CT molecular complexity index is 481. The van der Waals surface area contributed by atoms with Gasteiger partial charge in [0.2, 0.25) is 0 Å². The van der Waals surface area contributed by atoms with Gasteiger partial charge in [0, 0.05) is 17.4 Å². The fraction of sp³-hybridized carbons (Fsp3) is 0.462. The molecule has 0 aliphatic rings. The normalized spacial score (nSPS) is 11.0. The Morgan fingerprint density at radius 3 is 3.06 bits per heavy atom. The number of nitrogens with one attached hydrogen (secondary N) is 1. The van der Waals surface area contributed by atoms with Crippen molar-refractivity contribution in [2.45, 2.75) is 26.2 Å². The van der Waals surface area contributed by atoms with Crippen LogP contribution in [0, 0.1) is 2.88 Å². The third-order valence-corrected chi connectivity index (χ3v) is 4.37. The molecule has 18 heavy (non-hydrogen) atoms. The van der Waals surface area contributed by atoms with Crippen molar-refractivity contribution in [2.75, 3.05) is 13.1 Å². The zero-order valence-corrected chi connectivity index (χ0v) is 13.4. The Labute approximate surface area is 125 Å². The van der Waals surface area contributed by atoms with Gasteiger partial charge in [-0.05, 0) is 54.6 Å². The lowest BCUT2D eigenvalue weighted by Crippen LogP contribution is -2.16. The SMILES string of the molecule is CCCNCCCc1ncc(-c2csc(I)c2)o1. The van der Waals surface area contributed by atoms with E-state index in [1.807, 2.05) is 6.20 Å². The van der Waals surface area contributed by atoms with Crippen LogP contribution in [0.15, 0.2) is 22.1 Å². The third kappa shape index (κ3) is 4.07. The van der Waals surface area contributed by atoms with Crippen molar-refractivity contribution >= 4 is 33.9 Å². The van der Waals surface area contributed by atoms with Gasteiger partial charge in [0.15, 0.2) is 11.7 Å². The van der Waals surface area contributed by atoms with Crippen LogP contribution in [-0.4, -0.2) is 18.1 Å². The van der Waals surface area contributed by atoms with Gasteiger partial charge in [-0.3, -0.25) is 0 Å². The van der Waals surface area contributed by atoms with Crippen molar-refractivity contribution in [3.63, 3.8) is 0 Å². The van der Waals surface area contributed by atoms with Gasteiger partial charge >= 0.3 is 0 Å². The lowest BCUT2D eigenvalue weighted by molar-refractivity contribution is 0.492. The standard InChI is InChI=1S/C13H17IN2OS/c1-2-5-15-6-3-4-13-16-8-11(17-13)10-7-12(14)18-9-10/h7-9,15H,2-6H2,1H3. The molecule has 0 aromatic carbocycles. The Morgan fingerprint density at radius 1 is 1.44 bits per heavy atom. The lowest BCUT2D eigenvalue weighted by atomic mass is 10.3. The molecule has 0 aliphatic carbocycles. The zero-order chi connectivity index (χ0) is 12.8. The summed E-state index contributed by atoms with van der Waals surface area (Å²) < 4.78 is 7.02. The largest absolute Gasteiger partial charge is 0.441 e. The second-order valence-electron chi connectivity index (χ2n) is 4.11. The molecular weight excluding hydrogens is 359 g/mol. The van der Waals surface area contributed by atoms with Gasteiger partial charge in [0.25, 0.3) is 0 Å². The summed E-state index contributed by atoms with van der Waals surface area (Å²) in [6.07, 6.45) is 4.98. The minimum Gasteiger partial charge on any atom is -0.441 e. The summed E-state index contributed by atoms with van der Waals surface area (Å²) in [6, 6.07) is 2.12. The molecular formula is C13H17IN2OS. The average molecular weight is 376 g/mol. The van der Waals surface area contributed by atoms with Gasteiger partial charge in [-0.2, -0.15) is 0 Å². The van der Waals surface area contributed by atoms with Crippen molar-refractivity contribution in [2.24, 2.45) is 0 Å². The molecule has 0 fully saturated rings. The number of hydrogen-bond acceptors (Lipinski definition) is 4. The van der Waals surface area contributed by atoms with E-state index >= 15 is 0 Å². The van der Waals surface area contributed by atoms with E-state index in [1.165, 1.54) is 9.30 Å². The van der Waals surface area contributed by atoms with Gasteiger partial charge in [-0.1, -0.05) is 6.92 Å². The minimum atomic E-state index is 0.838. The molecule has 3 nitrogen and oxygen atoms in total. The zero-order valence-electron chi connectivity index (χ0n) is 10.4. The van der Waals surface area contributed by atoms with Crippen LogP contribution in [0.2, 0.25) is 0 Å². The molecule has 5 heteroatoms. The molecule has 0 spiro atoms. The summed E-state index contributed by atoms with van der Waals surface area (Å²) in [5.41, 5.74) is 1.13. The van der Waals surface area contributed by atoms with E-state index in [-0.39, 0.29) is 0 Å². The molecule has 98 valence electrons. The topological polar surface area (TPSA) is 38.1 Å². The smallest absolute Gasteiger partial charge is 0.194 e. The molecule has 0 atom stereocenters. The average Bonchev–Trinajstić information content (AvgIpc) is 2.97. The molecule has 2 aromatic heterocycles. The Hall–Kier alpha value is -0.400. The first-order chi connectivity index (χ1) is 8.79. The molecule has 0 amide bonds.